The average molecular weight is 254 g/mol. The highest BCUT2D eigenvalue weighted by Crippen LogP contribution is 2.24. The average Bonchev–Trinajstić information content (AvgIpc) is 2.71. The van der Waals surface area contributed by atoms with Crippen LogP contribution in [0.3, 0.4) is 0 Å². The van der Waals surface area contributed by atoms with E-state index in [1.165, 1.54) is 6.07 Å². The van der Waals surface area contributed by atoms with Gasteiger partial charge in [-0.15, -0.1) is 0 Å². The monoisotopic (exact) mass is 253 g/mol. The van der Waals surface area contributed by atoms with Crippen molar-refractivity contribution in [1.29, 1.82) is 0 Å². The van der Waals surface area contributed by atoms with Crippen LogP contribution in [0.25, 0.3) is 0 Å². The van der Waals surface area contributed by atoms with Crippen LogP contribution in [-0.4, -0.2) is 9.78 Å². The zero-order valence-electron chi connectivity index (χ0n) is 9.40. The number of hydrogen-bond acceptors (Lipinski definition) is 2. The van der Waals surface area contributed by atoms with Crippen molar-refractivity contribution < 1.29 is 4.39 Å². The lowest BCUT2D eigenvalue weighted by Gasteiger charge is -2.13. The lowest BCUT2D eigenvalue weighted by atomic mass is 10.0. The summed E-state index contributed by atoms with van der Waals surface area (Å²) >= 11 is 5.89. The third kappa shape index (κ3) is 2.48. The van der Waals surface area contributed by atoms with Crippen LogP contribution in [0.1, 0.15) is 17.3 Å². The van der Waals surface area contributed by atoms with Crippen molar-refractivity contribution >= 4 is 11.6 Å². The van der Waals surface area contributed by atoms with Crippen LogP contribution in [0.4, 0.5) is 4.39 Å². The first-order valence-corrected chi connectivity index (χ1v) is 5.63. The number of hydrogen-bond donors (Lipinski definition) is 1. The third-order valence-electron chi connectivity index (χ3n) is 2.71. The van der Waals surface area contributed by atoms with E-state index in [2.05, 4.69) is 5.10 Å². The first kappa shape index (κ1) is 12.1. The summed E-state index contributed by atoms with van der Waals surface area (Å²) < 4.78 is 15.0. The van der Waals surface area contributed by atoms with Gasteiger partial charge in [0.05, 0.1) is 16.8 Å². The van der Waals surface area contributed by atoms with Crippen LogP contribution < -0.4 is 5.73 Å². The van der Waals surface area contributed by atoms with Gasteiger partial charge in [-0.3, -0.25) is 4.68 Å². The van der Waals surface area contributed by atoms with Crippen molar-refractivity contribution in [3.05, 3.63) is 52.6 Å². The Labute approximate surface area is 104 Å². The molecule has 1 aromatic heterocycles. The second-order valence-corrected chi connectivity index (χ2v) is 4.28. The molecule has 0 radical (unpaired) electrons. The Morgan fingerprint density at radius 2 is 2.24 bits per heavy atom. The number of rotatable bonds is 3. The molecule has 2 rings (SSSR count). The van der Waals surface area contributed by atoms with Gasteiger partial charge >= 0.3 is 0 Å². The molecular weight excluding hydrogens is 241 g/mol. The Morgan fingerprint density at radius 1 is 1.47 bits per heavy atom. The number of benzene rings is 1. The van der Waals surface area contributed by atoms with E-state index in [1.54, 1.807) is 23.0 Å². The molecule has 1 heterocycles. The Bertz CT molecular complexity index is 524. The highest BCUT2D eigenvalue weighted by Gasteiger charge is 2.14. The number of aryl methyl sites for hydroxylation is 1. The van der Waals surface area contributed by atoms with Crippen LogP contribution in [0.5, 0.6) is 0 Å². The van der Waals surface area contributed by atoms with Crippen molar-refractivity contribution in [3.63, 3.8) is 0 Å². The number of nitrogens with zero attached hydrogens (tertiary/aromatic N) is 2. The van der Waals surface area contributed by atoms with Crippen LogP contribution in [0.2, 0.25) is 5.02 Å². The summed E-state index contributed by atoms with van der Waals surface area (Å²) in [6.45, 7) is 0. The predicted octanol–water partition coefficient (Wildman–Crippen LogP) is 2.46. The minimum atomic E-state index is -0.415. The first-order chi connectivity index (χ1) is 8.09. The molecule has 0 aliphatic carbocycles. The van der Waals surface area contributed by atoms with Crippen molar-refractivity contribution in [2.75, 3.05) is 0 Å². The standard InChI is InChI=1S/C12H13ClFN3/c1-17-11(5-6-16-17)10(15)7-8-3-2-4-9(14)12(8)13/h2-6,10H,7,15H2,1H3. The molecule has 3 nitrogen and oxygen atoms in total. The largest absolute Gasteiger partial charge is 0.322 e. The normalized spacial score (nSPS) is 12.7. The van der Waals surface area contributed by atoms with E-state index >= 15 is 0 Å². The van der Waals surface area contributed by atoms with E-state index in [4.69, 9.17) is 17.3 Å². The number of aromatic nitrogens is 2. The molecule has 0 saturated heterocycles. The zero-order chi connectivity index (χ0) is 12.4. The van der Waals surface area contributed by atoms with Crippen molar-refractivity contribution in [3.8, 4) is 0 Å². The molecule has 2 N–H and O–H groups in total. The van der Waals surface area contributed by atoms with Gasteiger partial charge in [0.2, 0.25) is 0 Å². The molecular formula is C12H13ClFN3. The van der Waals surface area contributed by atoms with E-state index < -0.39 is 5.82 Å². The molecule has 0 aliphatic rings. The lowest BCUT2D eigenvalue weighted by Crippen LogP contribution is -2.17. The Kier molecular flexibility index (Phi) is 3.45. The molecule has 0 fully saturated rings. The zero-order valence-corrected chi connectivity index (χ0v) is 10.2. The highest BCUT2D eigenvalue weighted by atomic mass is 35.5. The summed E-state index contributed by atoms with van der Waals surface area (Å²) in [4.78, 5) is 0. The van der Waals surface area contributed by atoms with E-state index in [1.807, 2.05) is 13.1 Å². The molecule has 5 heteroatoms. The lowest BCUT2D eigenvalue weighted by molar-refractivity contribution is 0.605. The van der Waals surface area contributed by atoms with Gasteiger partial charge in [0, 0.05) is 13.2 Å². The molecule has 0 saturated carbocycles. The van der Waals surface area contributed by atoms with Crippen LogP contribution in [0.15, 0.2) is 30.5 Å². The summed E-state index contributed by atoms with van der Waals surface area (Å²) in [5.74, 6) is -0.415. The van der Waals surface area contributed by atoms with E-state index in [9.17, 15) is 4.39 Å². The van der Waals surface area contributed by atoms with Gasteiger partial charge in [0.15, 0.2) is 0 Å². The summed E-state index contributed by atoms with van der Waals surface area (Å²) in [6.07, 6.45) is 2.17. The van der Waals surface area contributed by atoms with Crippen LogP contribution in [0, 0.1) is 5.82 Å². The van der Waals surface area contributed by atoms with Crippen LogP contribution in [-0.2, 0) is 13.5 Å². The van der Waals surface area contributed by atoms with Gasteiger partial charge in [0.25, 0.3) is 0 Å². The number of halogens is 2. The predicted molar refractivity (Wildman–Crippen MR) is 65.3 cm³/mol. The molecule has 90 valence electrons. The van der Waals surface area contributed by atoms with Gasteiger partial charge in [-0.2, -0.15) is 5.10 Å². The SMILES string of the molecule is Cn1nccc1C(N)Cc1cccc(F)c1Cl. The Balaban J connectivity index is 2.22. The molecule has 0 spiro atoms. The van der Waals surface area contributed by atoms with Gasteiger partial charge in [0.1, 0.15) is 5.82 Å². The fourth-order valence-electron chi connectivity index (χ4n) is 1.80. The van der Waals surface area contributed by atoms with Crippen molar-refractivity contribution in [2.24, 2.45) is 12.8 Å². The second-order valence-electron chi connectivity index (χ2n) is 3.90. The van der Waals surface area contributed by atoms with Gasteiger partial charge in [-0.25, -0.2) is 4.39 Å². The molecule has 1 aromatic carbocycles. The summed E-state index contributed by atoms with van der Waals surface area (Å²) in [6, 6.07) is 6.34. The van der Waals surface area contributed by atoms with Crippen molar-refractivity contribution in [1.82, 2.24) is 9.78 Å². The van der Waals surface area contributed by atoms with Gasteiger partial charge in [-0.1, -0.05) is 23.7 Å². The summed E-state index contributed by atoms with van der Waals surface area (Å²) in [7, 11) is 1.82. The first-order valence-electron chi connectivity index (χ1n) is 5.26. The van der Waals surface area contributed by atoms with E-state index in [0.717, 1.165) is 5.69 Å². The van der Waals surface area contributed by atoms with Crippen LogP contribution >= 0.6 is 11.6 Å². The quantitative estimate of drug-likeness (QED) is 0.913. The topological polar surface area (TPSA) is 43.8 Å². The number of nitrogens with two attached hydrogens (primary N) is 1. The fourth-order valence-corrected chi connectivity index (χ4v) is 2.00. The molecule has 17 heavy (non-hydrogen) atoms. The van der Waals surface area contributed by atoms with E-state index in [-0.39, 0.29) is 11.1 Å². The van der Waals surface area contributed by atoms with Crippen molar-refractivity contribution in [2.45, 2.75) is 12.5 Å². The Hall–Kier alpha value is -1.39. The third-order valence-corrected chi connectivity index (χ3v) is 3.13. The summed E-state index contributed by atoms with van der Waals surface area (Å²) in [5, 5.41) is 4.19. The fraction of sp³-hybridized carbons (Fsp3) is 0.250. The molecule has 1 unspecified atom stereocenters. The molecule has 0 amide bonds. The molecule has 0 bridgehead atoms. The van der Waals surface area contributed by atoms with E-state index in [0.29, 0.717) is 12.0 Å². The molecule has 1 atom stereocenters. The highest BCUT2D eigenvalue weighted by molar-refractivity contribution is 6.31. The Morgan fingerprint density at radius 3 is 2.88 bits per heavy atom. The van der Waals surface area contributed by atoms with Gasteiger partial charge in [-0.05, 0) is 24.1 Å². The smallest absolute Gasteiger partial charge is 0.142 e. The second kappa shape index (κ2) is 4.85. The molecule has 0 aliphatic heterocycles. The maximum Gasteiger partial charge on any atom is 0.142 e. The maximum absolute atomic E-state index is 13.3. The summed E-state index contributed by atoms with van der Waals surface area (Å²) in [5.41, 5.74) is 7.65. The minimum absolute atomic E-state index is 0.144. The van der Waals surface area contributed by atoms with Gasteiger partial charge < -0.3 is 5.73 Å². The molecule has 2 aromatic rings. The minimum Gasteiger partial charge on any atom is -0.322 e. The maximum atomic E-state index is 13.3.